The van der Waals surface area contributed by atoms with Gasteiger partial charge >= 0.3 is 6.18 Å². The standard InChI is InChI=1S/C13H16F3NO2/c1-2-10-5-3-4-6-11(10)12(19)17(7-8-18)9-13(14,15)16/h3-6,18H,2,7-9H2,1H3. The van der Waals surface area contributed by atoms with E-state index in [9.17, 15) is 18.0 Å². The highest BCUT2D eigenvalue weighted by Gasteiger charge is 2.33. The number of benzene rings is 1. The van der Waals surface area contributed by atoms with Gasteiger partial charge in [0.2, 0.25) is 0 Å². The van der Waals surface area contributed by atoms with Gasteiger partial charge in [0, 0.05) is 12.1 Å². The maximum Gasteiger partial charge on any atom is 0.406 e. The molecule has 0 unspecified atom stereocenters. The topological polar surface area (TPSA) is 40.5 Å². The molecule has 0 bridgehead atoms. The molecular formula is C13H16F3NO2. The Hall–Kier alpha value is -1.56. The third-order valence-corrected chi connectivity index (χ3v) is 2.66. The summed E-state index contributed by atoms with van der Waals surface area (Å²) >= 11 is 0. The lowest BCUT2D eigenvalue weighted by Crippen LogP contribution is -2.41. The smallest absolute Gasteiger partial charge is 0.395 e. The van der Waals surface area contributed by atoms with Crippen LogP contribution >= 0.6 is 0 Å². The molecule has 0 radical (unpaired) electrons. The van der Waals surface area contributed by atoms with Crippen LogP contribution in [0.2, 0.25) is 0 Å². The van der Waals surface area contributed by atoms with Crippen molar-refractivity contribution in [2.24, 2.45) is 0 Å². The zero-order valence-corrected chi connectivity index (χ0v) is 10.6. The highest BCUT2D eigenvalue weighted by atomic mass is 19.4. The Morgan fingerprint density at radius 1 is 1.32 bits per heavy atom. The Morgan fingerprint density at radius 3 is 2.47 bits per heavy atom. The number of carbonyl (C=O) groups excluding carboxylic acids is 1. The van der Waals surface area contributed by atoms with Crippen LogP contribution in [0.3, 0.4) is 0 Å². The highest BCUT2D eigenvalue weighted by Crippen LogP contribution is 2.19. The Bertz CT molecular complexity index is 432. The van der Waals surface area contributed by atoms with Gasteiger partial charge < -0.3 is 10.0 Å². The van der Waals surface area contributed by atoms with Crippen molar-refractivity contribution in [2.45, 2.75) is 19.5 Å². The lowest BCUT2D eigenvalue weighted by Gasteiger charge is -2.24. The average Bonchev–Trinajstić information content (AvgIpc) is 2.36. The molecule has 0 saturated carbocycles. The Balaban J connectivity index is 2.99. The first-order valence-corrected chi connectivity index (χ1v) is 5.93. The maximum atomic E-state index is 12.4. The highest BCUT2D eigenvalue weighted by molar-refractivity contribution is 5.95. The van der Waals surface area contributed by atoms with E-state index in [2.05, 4.69) is 0 Å². The summed E-state index contributed by atoms with van der Waals surface area (Å²) in [5.74, 6) is -0.705. The Morgan fingerprint density at radius 2 is 1.95 bits per heavy atom. The van der Waals surface area contributed by atoms with Crippen LogP contribution < -0.4 is 0 Å². The number of aliphatic hydroxyl groups excluding tert-OH is 1. The Labute approximate surface area is 109 Å². The number of halogens is 3. The summed E-state index contributed by atoms with van der Waals surface area (Å²) in [6.45, 7) is -0.372. The van der Waals surface area contributed by atoms with E-state index in [1.807, 2.05) is 6.92 Å². The fourth-order valence-corrected chi connectivity index (χ4v) is 1.80. The van der Waals surface area contributed by atoms with Gasteiger partial charge in [0.1, 0.15) is 6.54 Å². The lowest BCUT2D eigenvalue weighted by atomic mass is 10.0. The van der Waals surface area contributed by atoms with E-state index < -0.39 is 25.2 Å². The molecule has 0 atom stereocenters. The zero-order chi connectivity index (χ0) is 14.5. The van der Waals surface area contributed by atoms with Gasteiger partial charge in [-0.1, -0.05) is 25.1 Å². The normalized spacial score (nSPS) is 11.4. The minimum atomic E-state index is -4.48. The molecule has 0 aliphatic heterocycles. The monoisotopic (exact) mass is 275 g/mol. The van der Waals surface area contributed by atoms with E-state index in [4.69, 9.17) is 5.11 Å². The quantitative estimate of drug-likeness (QED) is 0.895. The second-order valence-electron chi connectivity index (χ2n) is 4.08. The molecule has 0 heterocycles. The third-order valence-electron chi connectivity index (χ3n) is 2.66. The molecule has 1 aromatic carbocycles. The summed E-state index contributed by atoms with van der Waals surface area (Å²) in [5, 5.41) is 8.79. The fourth-order valence-electron chi connectivity index (χ4n) is 1.80. The molecule has 1 rings (SSSR count). The van der Waals surface area contributed by atoms with E-state index in [1.54, 1.807) is 18.2 Å². The van der Waals surface area contributed by atoms with Gasteiger partial charge in [-0.15, -0.1) is 0 Å². The van der Waals surface area contributed by atoms with Crippen molar-refractivity contribution in [2.75, 3.05) is 19.7 Å². The van der Waals surface area contributed by atoms with Crippen LogP contribution in [0.4, 0.5) is 13.2 Å². The van der Waals surface area contributed by atoms with Gasteiger partial charge in [-0.2, -0.15) is 13.2 Å². The van der Waals surface area contributed by atoms with E-state index in [1.165, 1.54) is 6.07 Å². The summed E-state index contributed by atoms with van der Waals surface area (Å²) in [5.41, 5.74) is 0.945. The molecule has 106 valence electrons. The van der Waals surface area contributed by atoms with Crippen molar-refractivity contribution in [3.63, 3.8) is 0 Å². The molecule has 0 spiro atoms. The molecule has 0 aromatic heterocycles. The van der Waals surface area contributed by atoms with Crippen LogP contribution in [0.5, 0.6) is 0 Å². The number of aryl methyl sites for hydroxylation is 1. The van der Waals surface area contributed by atoms with Crippen LogP contribution in [-0.2, 0) is 6.42 Å². The van der Waals surface area contributed by atoms with E-state index in [0.29, 0.717) is 16.9 Å². The van der Waals surface area contributed by atoms with Gasteiger partial charge in [-0.05, 0) is 18.1 Å². The largest absolute Gasteiger partial charge is 0.406 e. The lowest BCUT2D eigenvalue weighted by molar-refractivity contribution is -0.141. The van der Waals surface area contributed by atoms with Crippen LogP contribution in [-0.4, -0.2) is 41.8 Å². The predicted octanol–water partition coefficient (Wildman–Crippen LogP) is 2.25. The van der Waals surface area contributed by atoms with Crippen molar-refractivity contribution in [3.05, 3.63) is 35.4 Å². The number of rotatable bonds is 5. The molecule has 0 aliphatic rings. The molecule has 1 amide bonds. The second kappa shape index (κ2) is 6.56. The van der Waals surface area contributed by atoms with Crippen molar-refractivity contribution in [3.8, 4) is 0 Å². The van der Waals surface area contributed by atoms with Crippen LogP contribution in [0, 0.1) is 0 Å². The summed E-state index contributed by atoms with van der Waals surface area (Å²) < 4.78 is 37.2. The van der Waals surface area contributed by atoms with Crippen molar-refractivity contribution in [1.82, 2.24) is 4.90 Å². The first-order chi connectivity index (χ1) is 8.89. The predicted molar refractivity (Wildman–Crippen MR) is 64.9 cm³/mol. The molecule has 1 aromatic rings. The van der Waals surface area contributed by atoms with E-state index in [-0.39, 0.29) is 12.1 Å². The molecular weight excluding hydrogens is 259 g/mol. The minimum Gasteiger partial charge on any atom is -0.395 e. The van der Waals surface area contributed by atoms with Crippen LogP contribution in [0.25, 0.3) is 0 Å². The number of aliphatic hydroxyl groups is 1. The third kappa shape index (κ3) is 4.55. The second-order valence-corrected chi connectivity index (χ2v) is 4.08. The number of hydrogen-bond donors (Lipinski definition) is 1. The number of hydrogen-bond acceptors (Lipinski definition) is 2. The molecule has 0 fully saturated rings. The summed E-state index contributed by atoms with van der Waals surface area (Å²) in [6, 6.07) is 6.55. The zero-order valence-electron chi connectivity index (χ0n) is 10.6. The molecule has 19 heavy (non-hydrogen) atoms. The first-order valence-electron chi connectivity index (χ1n) is 5.93. The number of alkyl halides is 3. The molecule has 6 heteroatoms. The average molecular weight is 275 g/mol. The van der Waals surface area contributed by atoms with Gasteiger partial charge in [0.05, 0.1) is 6.61 Å². The van der Waals surface area contributed by atoms with Crippen LogP contribution in [0.15, 0.2) is 24.3 Å². The van der Waals surface area contributed by atoms with Crippen molar-refractivity contribution in [1.29, 1.82) is 0 Å². The van der Waals surface area contributed by atoms with Crippen molar-refractivity contribution < 1.29 is 23.1 Å². The SMILES string of the molecule is CCc1ccccc1C(=O)N(CCO)CC(F)(F)F. The summed E-state index contributed by atoms with van der Waals surface area (Å²) in [4.78, 5) is 12.7. The van der Waals surface area contributed by atoms with Crippen molar-refractivity contribution >= 4 is 5.91 Å². The first kappa shape index (κ1) is 15.5. The van der Waals surface area contributed by atoms with E-state index >= 15 is 0 Å². The molecule has 1 N–H and O–H groups in total. The molecule has 3 nitrogen and oxygen atoms in total. The molecule has 0 aliphatic carbocycles. The van der Waals surface area contributed by atoms with Gasteiger partial charge in [0.25, 0.3) is 5.91 Å². The summed E-state index contributed by atoms with van der Waals surface area (Å²) in [7, 11) is 0. The van der Waals surface area contributed by atoms with Gasteiger partial charge in [0.15, 0.2) is 0 Å². The minimum absolute atomic E-state index is 0.253. The van der Waals surface area contributed by atoms with Gasteiger partial charge in [-0.3, -0.25) is 4.79 Å². The number of amides is 1. The Kier molecular flexibility index (Phi) is 5.35. The number of carbonyl (C=O) groups is 1. The molecule has 0 saturated heterocycles. The number of nitrogens with zero attached hydrogens (tertiary/aromatic N) is 1. The fraction of sp³-hybridized carbons (Fsp3) is 0.462. The van der Waals surface area contributed by atoms with E-state index in [0.717, 1.165) is 0 Å². The summed E-state index contributed by atoms with van der Waals surface area (Å²) in [6.07, 6.45) is -3.92. The van der Waals surface area contributed by atoms with Gasteiger partial charge in [-0.25, -0.2) is 0 Å². The van der Waals surface area contributed by atoms with Crippen LogP contribution in [0.1, 0.15) is 22.8 Å². The maximum absolute atomic E-state index is 12.4.